The number of likely N-dealkylation sites (tertiary alicyclic amines) is 2. The van der Waals surface area contributed by atoms with Crippen LogP contribution in [0.15, 0.2) is 60.7 Å². The molecule has 298 valence electrons. The van der Waals surface area contributed by atoms with E-state index >= 15 is 0 Å². The Hall–Kier alpha value is -4.86. The Labute approximate surface area is 332 Å². The lowest BCUT2D eigenvalue weighted by molar-refractivity contribution is -0.129. The van der Waals surface area contributed by atoms with Gasteiger partial charge in [0.15, 0.2) is 5.78 Å². The minimum atomic E-state index is -0.507. The van der Waals surface area contributed by atoms with Gasteiger partial charge in [-0.2, -0.15) is 0 Å². The van der Waals surface area contributed by atoms with Gasteiger partial charge in [-0.05, 0) is 150 Å². The predicted molar refractivity (Wildman–Crippen MR) is 218 cm³/mol. The van der Waals surface area contributed by atoms with Gasteiger partial charge in [0.1, 0.15) is 11.6 Å². The maximum atomic E-state index is 12.8. The van der Waals surface area contributed by atoms with Crippen LogP contribution >= 0.6 is 0 Å². The summed E-state index contributed by atoms with van der Waals surface area (Å²) in [4.78, 5) is 69.7. The summed E-state index contributed by atoms with van der Waals surface area (Å²) in [6, 6.07) is 19.1. The van der Waals surface area contributed by atoms with Gasteiger partial charge in [-0.25, -0.2) is 4.98 Å². The number of anilines is 1. The minimum Gasteiger partial charge on any atom is -0.384 e. The van der Waals surface area contributed by atoms with Gasteiger partial charge in [0.25, 0.3) is 11.8 Å². The summed E-state index contributed by atoms with van der Waals surface area (Å²) in [5.74, 6) is 2.28. The van der Waals surface area contributed by atoms with E-state index in [1.807, 2.05) is 59.2 Å². The van der Waals surface area contributed by atoms with Crippen LogP contribution in [-0.2, 0) is 33.6 Å². The third-order valence-electron chi connectivity index (χ3n) is 12.4. The number of aromatic nitrogens is 1. The van der Waals surface area contributed by atoms with Crippen molar-refractivity contribution in [2.75, 3.05) is 31.9 Å². The molecule has 2 aromatic carbocycles. The number of nitrogens with one attached hydrogen (secondary N) is 1. The summed E-state index contributed by atoms with van der Waals surface area (Å²) in [7, 11) is 0. The third kappa shape index (κ3) is 10.7. The summed E-state index contributed by atoms with van der Waals surface area (Å²) in [6.07, 6.45) is 10.8. The van der Waals surface area contributed by atoms with Gasteiger partial charge in [-0.1, -0.05) is 30.3 Å². The molecule has 56 heavy (non-hydrogen) atoms. The van der Waals surface area contributed by atoms with Gasteiger partial charge in [0, 0.05) is 61.3 Å². The molecule has 1 aromatic heterocycles. The Balaban J connectivity index is 0.000000215. The molecule has 0 bridgehead atoms. The van der Waals surface area contributed by atoms with Crippen molar-refractivity contribution in [2.24, 2.45) is 23.7 Å². The van der Waals surface area contributed by atoms with Crippen LogP contribution in [0.3, 0.4) is 0 Å². The number of aryl methyl sites for hydroxylation is 2. The number of rotatable bonds is 13. The number of nitrogens with zero attached hydrogens (tertiary/aromatic N) is 3. The van der Waals surface area contributed by atoms with Crippen LogP contribution < -0.4 is 11.1 Å². The van der Waals surface area contributed by atoms with E-state index in [1.165, 1.54) is 5.56 Å². The maximum absolute atomic E-state index is 12.8. The van der Waals surface area contributed by atoms with Crippen molar-refractivity contribution >= 4 is 35.1 Å². The molecule has 3 amide bonds. The third-order valence-corrected chi connectivity index (χ3v) is 12.4. The molecular weight excluding hydrogens is 703 g/mol. The quantitative estimate of drug-likeness (QED) is 0.201. The molecule has 10 heteroatoms. The Kier molecular flexibility index (Phi) is 13.7. The number of pyridine rings is 1. The fourth-order valence-electron chi connectivity index (χ4n) is 8.62. The van der Waals surface area contributed by atoms with E-state index in [0.29, 0.717) is 36.3 Å². The lowest BCUT2D eigenvalue weighted by atomic mass is 9.94. The van der Waals surface area contributed by atoms with Gasteiger partial charge in [-0.3, -0.25) is 24.0 Å². The highest BCUT2D eigenvalue weighted by molar-refractivity contribution is 5.95. The molecule has 7 rings (SSSR count). The predicted octanol–water partition coefficient (Wildman–Crippen LogP) is 6.56. The zero-order valence-corrected chi connectivity index (χ0v) is 33.4. The van der Waals surface area contributed by atoms with Crippen LogP contribution in [-0.4, -0.2) is 76.3 Å². The van der Waals surface area contributed by atoms with Crippen LogP contribution in [0.2, 0.25) is 0 Å². The molecule has 0 spiro atoms. The number of nitrogen functional groups attached to an aromatic ring is 1. The number of carbonyl (C=O) groups excluding carboxylic acids is 5. The zero-order chi connectivity index (χ0) is 39.8. The van der Waals surface area contributed by atoms with Crippen molar-refractivity contribution in [3.8, 4) is 0 Å². The first-order valence-corrected chi connectivity index (χ1v) is 20.8. The fourth-order valence-corrected chi connectivity index (χ4v) is 8.62. The Bertz CT molecular complexity index is 1900. The lowest BCUT2D eigenvalue weighted by Gasteiger charge is -2.31. The number of hydrogen-bond acceptors (Lipinski definition) is 7. The molecular formula is C46H59N5O5. The van der Waals surface area contributed by atoms with Crippen molar-refractivity contribution in [2.45, 2.75) is 104 Å². The molecule has 0 unspecified atom stereocenters. The standard InChI is InChI=1S/C28H36N4O3.C18H23NO2/c1-18-22(10-12-26(29)30-18)9-11-25(33)19(2)31-27(34)23-8-7-21(16-23)15-20-5-3-6-24(17-20)28(35)32-13-4-14-32;1-13(20)16-7-6-15(11-16)10-14-4-2-5-17(12-14)18(21)19-8-3-9-19/h3,5-6,10,12,17,19,21,23H,4,7-9,11,13-16H2,1-2H3,(H2,29,30)(H,31,34);2,4-5,12,15-16H,3,6-11H2,1H3/t19-,21-,23+;15-,16+/m00/s1. The van der Waals surface area contributed by atoms with E-state index in [0.717, 1.165) is 118 Å². The smallest absolute Gasteiger partial charge is 0.253 e. The van der Waals surface area contributed by atoms with Crippen LogP contribution in [0, 0.1) is 30.6 Å². The molecule has 5 atom stereocenters. The van der Waals surface area contributed by atoms with Crippen molar-refractivity contribution in [1.29, 1.82) is 0 Å². The van der Waals surface area contributed by atoms with Crippen molar-refractivity contribution in [1.82, 2.24) is 20.1 Å². The zero-order valence-electron chi connectivity index (χ0n) is 33.4. The summed E-state index contributed by atoms with van der Waals surface area (Å²) >= 11 is 0. The largest absolute Gasteiger partial charge is 0.384 e. The molecule has 3 aromatic rings. The summed E-state index contributed by atoms with van der Waals surface area (Å²) in [5, 5.41) is 2.94. The molecule has 3 heterocycles. The van der Waals surface area contributed by atoms with Gasteiger partial charge < -0.3 is 20.9 Å². The molecule has 2 saturated heterocycles. The van der Waals surface area contributed by atoms with Gasteiger partial charge in [0.2, 0.25) is 5.91 Å². The average Bonchev–Trinajstić information content (AvgIpc) is 3.80. The highest BCUT2D eigenvalue weighted by atomic mass is 16.2. The first-order chi connectivity index (χ1) is 26.9. The number of Topliss-reactive ketones (excluding diaryl/α,β-unsaturated/α-hetero) is 2. The number of benzene rings is 2. The van der Waals surface area contributed by atoms with E-state index in [-0.39, 0.29) is 35.3 Å². The number of ketones is 2. The Morgan fingerprint density at radius 1 is 0.768 bits per heavy atom. The topological polar surface area (TPSA) is 143 Å². The normalized spacial score (nSPS) is 21.9. The van der Waals surface area contributed by atoms with E-state index in [4.69, 9.17) is 5.73 Å². The fraction of sp³-hybridized carbons (Fsp3) is 0.522. The lowest BCUT2D eigenvalue weighted by Crippen LogP contribution is -2.42. The van der Waals surface area contributed by atoms with Crippen molar-refractivity contribution in [3.05, 3.63) is 94.2 Å². The first-order valence-electron chi connectivity index (χ1n) is 20.8. The highest BCUT2D eigenvalue weighted by Crippen LogP contribution is 2.35. The number of amides is 3. The monoisotopic (exact) mass is 761 g/mol. The van der Waals surface area contributed by atoms with E-state index in [9.17, 15) is 24.0 Å². The van der Waals surface area contributed by atoms with Crippen LogP contribution in [0.1, 0.15) is 115 Å². The molecule has 4 aliphatic rings. The summed E-state index contributed by atoms with van der Waals surface area (Å²) in [6.45, 7) is 8.85. The number of hydrogen-bond donors (Lipinski definition) is 2. The Morgan fingerprint density at radius 3 is 1.79 bits per heavy atom. The van der Waals surface area contributed by atoms with Crippen LogP contribution in [0.4, 0.5) is 5.82 Å². The van der Waals surface area contributed by atoms with Crippen molar-refractivity contribution < 1.29 is 24.0 Å². The van der Waals surface area contributed by atoms with Gasteiger partial charge in [0.05, 0.1) is 6.04 Å². The van der Waals surface area contributed by atoms with Gasteiger partial charge in [-0.15, -0.1) is 0 Å². The second-order valence-corrected chi connectivity index (χ2v) is 16.6. The Morgan fingerprint density at radius 2 is 1.30 bits per heavy atom. The van der Waals surface area contributed by atoms with E-state index in [1.54, 1.807) is 19.9 Å². The van der Waals surface area contributed by atoms with Gasteiger partial charge >= 0.3 is 0 Å². The molecule has 3 N–H and O–H groups in total. The second kappa shape index (κ2) is 18.9. The first kappa shape index (κ1) is 40.8. The number of carbonyl (C=O) groups is 5. The molecule has 4 fully saturated rings. The average molecular weight is 762 g/mol. The maximum Gasteiger partial charge on any atom is 0.253 e. The molecule has 2 aliphatic carbocycles. The number of nitrogens with two attached hydrogens (primary N) is 1. The molecule has 2 saturated carbocycles. The highest BCUT2D eigenvalue weighted by Gasteiger charge is 2.32. The molecule has 0 radical (unpaired) electrons. The van der Waals surface area contributed by atoms with E-state index < -0.39 is 6.04 Å². The summed E-state index contributed by atoms with van der Waals surface area (Å²) < 4.78 is 0. The molecule has 2 aliphatic heterocycles. The van der Waals surface area contributed by atoms with Crippen molar-refractivity contribution in [3.63, 3.8) is 0 Å². The minimum absolute atomic E-state index is 0.0211. The van der Waals surface area contributed by atoms with Crippen LogP contribution in [0.5, 0.6) is 0 Å². The summed E-state index contributed by atoms with van der Waals surface area (Å²) in [5.41, 5.74) is 11.5. The van der Waals surface area contributed by atoms with E-state index in [2.05, 4.69) is 22.4 Å². The molecule has 10 nitrogen and oxygen atoms in total. The SMILES string of the molecule is CC(=O)[C@@H]1CC[C@@H](Cc2cccc(C(=O)N3CCC3)c2)C1.Cc1nc(N)ccc1CCC(=O)[C@H](C)NC(=O)[C@@H]1CC[C@@H](Cc2cccc(C(=O)N3CCC3)c2)C1. The second-order valence-electron chi connectivity index (χ2n) is 16.6. The van der Waals surface area contributed by atoms with Crippen LogP contribution in [0.25, 0.3) is 0 Å².